The first-order valence-corrected chi connectivity index (χ1v) is 7.27. The van der Waals surface area contributed by atoms with Gasteiger partial charge < -0.3 is 24.8 Å². The van der Waals surface area contributed by atoms with Crippen molar-refractivity contribution in [2.24, 2.45) is 5.92 Å². The molecule has 1 rings (SSSR count). The van der Waals surface area contributed by atoms with Crippen molar-refractivity contribution >= 4 is 0 Å². The van der Waals surface area contributed by atoms with E-state index in [1.165, 1.54) is 0 Å². The summed E-state index contributed by atoms with van der Waals surface area (Å²) in [5, 5.41) is 27.4. The van der Waals surface area contributed by atoms with E-state index in [1.807, 2.05) is 6.92 Å². The zero-order valence-corrected chi connectivity index (χ0v) is 12.0. The first kappa shape index (κ1) is 16.9. The Hall–Kier alpha value is -0.200. The topological polar surface area (TPSA) is 79.2 Å². The van der Waals surface area contributed by atoms with Crippen molar-refractivity contribution < 1.29 is 24.8 Å². The highest BCUT2D eigenvalue weighted by atomic mass is 16.6. The number of aliphatic hydroxyl groups excluding tert-OH is 3. The van der Waals surface area contributed by atoms with Crippen LogP contribution in [0, 0.1) is 5.92 Å². The SMILES string of the molecule is CC(CC1OC(O)CC[C@H]1C)OCCCC(O)CO. The van der Waals surface area contributed by atoms with E-state index in [-0.39, 0.29) is 18.8 Å². The third kappa shape index (κ3) is 6.68. The minimum absolute atomic E-state index is 0.0572. The predicted octanol–water partition coefficient (Wildman–Crippen LogP) is 1.05. The predicted molar refractivity (Wildman–Crippen MR) is 71.6 cm³/mol. The lowest BCUT2D eigenvalue weighted by molar-refractivity contribution is -0.188. The zero-order chi connectivity index (χ0) is 14.3. The number of hydrogen-bond acceptors (Lipinski definition) is 5. The molecule has 0 radical (unpaired) electrons. The summed E-state index contributed by atoms with van der Waals surface area (Å²) in [6.07, 6.45) is 2.62. The Morgan fingerprint density at radius 2 is 2.11 bits per heavy atom. The molecule has 5 nitrogen and oxygen atoms in total. The summed E-state index contributed by atoms with van der Waals surface area (Å²) >= 11 is 0. The molecule has 4 unspecified atom stereocenters. The summed E-state index contributed by atoms with van der Waals surface area (Å²) in [6, 6.07) is 0. The number of aliphatic hydroxyl groups is 3. The number of hydrogen-bond donors (Lipinski definition) is 3. The van der Waals surface area contributed by atoms with E-state index in [1.54, 1.807) is 0 Å². The Morgan fingerprint density at radius 3 is 2.79 bits per heavy atom. The molecule has 0 amide bonds. The molecule has 1 saturated heterocycles. The molecule has 1 heterocycles. The Bertz CT molecular complexity index is 236. The Morgan fingerprint density at radius 1 is 1.37 bits per heavy atom. The van der Waals surface area contributed by atoms with Crippen LogP contribution in [0.3, 0.4) is 0 Å². The molecule has 3 N–H and O–H groups in total. The van der Waals surface area contributed by atoms with Gasteiger partial charge in [0.25, 0.3) is 0 Å². The smallest absolute Gasteiger partial charge is 0.154 e. The quantitative estimate of drug-likeness (QED) is 0.577. The summed E-state index contributed by atoms with van der Waals surface area (Å²) < 4.78 is 11.2. The third-order valence-corrected chi connectivity index (χ3v) is 3.69. The van der Waals surface area contributed by atoms with E-state index in [0.29, 0.717) is 25.4 Å². The van der Waals surface area contributed by atoms with Crippen LogP contribution in [0.1, 0.15) is 46.0 Å². The molecule has 1 fully saturated rings. The first-order chi connectivity index (χ1) is 9.02. The van der Waals surface area contributed by atoms with Crippen LogP contribution in [-0.4, -0.2) is 53.1 Å². The average Bonchev–Trinajstić information content (AvgIpc) is 2.38. The molecule has 19 heavy (non-hydrogen) atoms. The van der Waals surface area contributed by atoms with Crippen LogP contribution in [0.4, 0.5) is 0 Å². The molecule has 0 aliphatic carbocycles. The maximum atomic E-state index is 9.50. The van der Waals surface area contributed by atoms with Gasteiger partial charge in [-0.2, -0.15) is 0 Å². The van der Waals surface area contributed by atoms with E-state index in [4.69, 9.17) is 14.6 Å². The van der Waals surface area contributed by atoms with Crippen molar-refractivity contribution in [2.75, 3.05) is 13.2 Å². The molecule has 0 spiro atoms. The van der Waals surface area contributed by atoms with Gasteiger partial charge in [0.2, 0.25) is 0 Å². The van der Waals surface area contributed by atoms with Gasteiger partial charge in [-0.15, -0.1) is 0 Å². The highest BCUT2D eigenvalue weighted by molar-refractivity contribution is 4.75. The van der Waals surface area contributed by atoms with Crippen LogP contribution in [0.15, 0.2) is 0 Å². The molecule has 1 aliphatic rings. The zero-order valence-electron chi connectivity index (χ0n) is 12.0. The molecule has 0 saturated carbocycles. The molecule has 5 atom stereocenters. The standard InChI is InChI=1S/C14H28O5/c1-10-5-6-14(17)19-13(10)8-11(2)18-7-3-4-12(16)9-15/h10-17H,3-9H2,1-2H3/t10-,11?,12?,13?,14?/m1/s1. The van der Waals surface area contributed by atoms with Crippen LogP contribution in [-0.2, 0) is 9.47 Å². The van der Waals surface area contributed by atoms with E-state index >= 15 is 0 Å². The van der Waals surface area contributed by atoms with Gasteiger partial charge in [0.15, 0.2) is 6.29 Å². The molecule has 0 bridgehead atoms. The molecule has 1 aliphatic heterocycles. The van der Waals surface area contributed by atoms with Gasteiger partial charge in [-0.25, -0.2) is 0 Å². The molecular weight excluding hydrogens is 248 g/mol. The van der Waals surface area contributed by atoms with E-state index in [2.05, 4.69) is 6.92 Å². The van der Waals surface area contributed by atoms with Gasteiger partial charge in [0.05, 0.1) is 24.9 Å². The Balaban J connectivity index is 2.14. The minimum atomic E-state index is -0.643. The van der Waals surface area contributed by atoms with Gasteiger partial charge in [-0.3, -0.25) is 0 Å². The fourth-order valence-corrected chi connectivity index (χ4v) is 2.37. The van der Waals surface area contributed by atoms with Gasteiger partial charge in [0, 0.05) is 6.61 Å². The van der Waals surface area contributed by atoms with Crippen molar-refractivity contribution in [3.8, 4) is 0 Å². The molecule has 0 aromatic rings. The lowest BCUT2D eigenvalue weighted by atomic mass is 9.92. The second-order valence-corrected chi connectivity index (χ2v) is 5.58. The fraction of sp³-hybridized carbons (Fsp3) is 1.00. The molecule has 0 aromatic heterocycles. The molecule has 114 valence electrons. The largest absolute Gasteiger partial charge is 0.394 e. The van der Waals surface area contributed by atoms with Gasteiger partial charge >= 0.3 is 0 Å². The summed E-state index contributed by atoms with van der Waals surface area (Å²) in [4.78, 5) is 0. The van der Waals surface area contributed by atoms with Crippen LogP contribution in [0.5, 0.6) is 0 Å². The molecular formula is C14H28O5. The van der Waals surface area contributed by atoms with Crippen molar-refractivity contribution in [1.82, 2.24) is 0 Å². The lowest BCUT2D eigenvalue weighted by Crippen LogP contribution is -2.36. The van der Waals surface area contributed by atoms with Crippen LogP contribution >= 0.6 is 0 Å². The van der Waals surface area contributed by atoms with Crippen molar-refractivity contribution in [3.05, 3.63) is 0 Å². The van der Waals surface area contributed by atoms with Gasteiger partial charge in [-0.05, 0) is 44.9 Å². The lowest BCUT2D eigenvalue weighted by Gasteiger charge is -2.33. The highest BCUT2D eigenvalue weighted by Crippen LogP contribution is 2.27. The second-order valence-electron chi connectivity index (χ2n) is 5.58. The number of ether oxygens (including phenoxy) is 2. The monoisotopic (exact) mass is 276 g/mol. The maximum Gasteiger partial charge on any atom is 0.154 e. The number of rotatable bonds is 8. The van der Waals surface area contributed by atoms with E-state index in [9.17, 15) is 10.2 Å². The summed E-state index contributed by atoms with van der Waals surface area (Å²) in [7, 11) is 0. The van der Waals surface area contributed by atoms with Crippen molar-refractivity contribution in [1.29, 1.82) is 0 Å². The summed E-state index contributed by atoms with van der Waals surface area (Å²) in [5.41, 5.74) is 0. The van der Waals surface area contributed by atoms with Gasteiger partial charge in [-0.1, -0.05) is 6.92 Å². The van der Waals surface area contributed by atoms with E-state index in [0.717, 1.165) is 19.3 Å². The Labute approximate surface area is 115 Å². The summed E-state index contributed by atoms with van der Waals surface area (Å²) in [5.74, 6) is 0.450. The minimum Gasteiger partial charge on any atom is -0.394 e. The molecule has 5 heteroatoms. The van der Waals surface area contributed by atoms with Crippen LogP contribution < -0.4 is 0 Å². The average molecular weight is 276 g/mol. The Kier molecular flexibility index (Phi) is 7.87. The van der Waals surface area contributed by atoms with Crippen LogP contribution in [0.25, 0.3) is 0 Å². The van der Waals surface area contributed by atoms with E-state index < -0.39 is 12.4 Å². The van der Waals surface area contributed by atoms with Crippen molar-refractivity contribution in [2.45, 2.75) is 70.6 Å². The summed E-state index contributed by atoms with van der Waals surface area (Å²) in [6.45, 7) is 4.52. The van der Waals surface area contributed by atoms with Crippen molar-refractivity contribution in [3.63, 3.8) is 0 Å². The normalized spacial score (nSPS) is 31.1. The fourth-order valence-electron chi connectivity index (χ4n) is 2.37. The van der Waals surface area contributed by atoms with Crippen LogP contribution in [0.2, 0.25) is 0 Å². The highest BCUT2D eigenvalue weighted by Gasteiger charge is 2.28. The maximum absolute atomic E-state index is 9.50. The van der Waals surface area contributed by atoms with Gasteiger partial charge in [0.1, 0.15) is 0 Å². The molecule has 0 aromatic carbocycles. The third-order valence-electron chi connectivity index (χ3n) is 3.69. The second kappa shape index (κ2) is 8.87. The first-order valence-electron chi connectivity index (χ1n) is 7.27.